The molecule has 0 radical (unpaired) electrons. The van der Waals surface area contributed by atoms with E-state index in [2.05, 4.69) is 9.88 Å². The van der Waals surface area contributed by atoms with Gasteiger partial charge in [-0.05, 0) is 24.7 Å². The number of rotatable bonds is 4. The van der Waals surface area contributed by atoms with Crippen molar-refractivity contribution in [1.29, 1.82) is 0 Å². The van der Waals surface area contributed by atoms with Crippen LogP contribution in [-0.2, 0) is 0 Å². The number of hydrogen-bond acceptors (Lipinski definition) is 5. The summed E-state index contributed by atoms with van der Waals surface area (Å²) in [6.45, 7) is 5.31. The molecule has 0 saturated carbocycles. The number of benzene rings is 1. The summed E-state index contributed by atoms with van der Waals surface area (Å²) in [4.78, 5) is 32.4. The molecule has 10 heteroatoms. The van der Waals surface area contributed by atoms with Gasteiger partial charge >= 0.3 is 5.97 Å². The number of hydrogen-bond donors (Lipinski definition) is 1. The van der Waals surface area contributed by atoms with Crippen LogP contribution < -0.4 is 10.3 Å². The van der Waals surface area contributed by atoms with Gasteiger partial charge in [-0.15, -0.1) is 0 Å². The molecule has 1 fully saturated rings. The Bertz CT molecular complexity index is 1240. The number of aromatic carboxylic acids is 1. The molecule has 3 aromatic rings. The highest BCUT2D eigenvalue weighted by molar-refractivity contribution is 5.92. The van der Waals surface area contributed by atoms with Crippen LogP contribution in [0.25, 0.3) is 16.7 Å². The van der Waals surface area contributed by atoms with Gasteiger partial charge in [0.25, 0.3) is 0 Å². The van der Waals surface area contributed by atoms with E-state index in [0.29, 0.717) is 32.2 Å². The van der Waals surface area contributed by atoms with Crippen LogP contribution in [-0.4, -0.2) is 58.3 Å². The molecule has 31 heavy (non-hydrogen) atoms. The molecule has 1 N–H and O–H groups in total. The summed E-state index contributed by atoms with van der Waals surface area (Å²) in [5.74, 6) is -4.14. The molecule has 0 bridgehead atoms. The second-order valence-electron chi connectivity index (χ2n) is 7.23. The van der Waals surface area contributed by atoms with E-state index in [-0.39, 0.29) is 22.5 Å². The number of fused-ring (bicyclic) bond motifs is 1. The summed E-state index contributed by atoms with van der Waals surface area (Å²) in [5.41, 5.74) is -1.94. The molecule has 2 aromatic heterocycles. The summed E-state index contributed by atoms with van der Waals surface area (Å²) in [6.07, 6.45) is 0.924. The monoisotopic (exact) mass is 432 g/mol. The Hall–Kier alpha value is -3.40. The predicted octanol–water partition coefficient (Wildman–Crippen LogP) is 2.64. The van der Waals surface area contributed by atoms with E-state index in [4.69, 9.17) is 0 Å². The van der Waals surface area contributed by atoms with E-state index >= 15 is 0 Å². The van der Waals surface area contributed by atoms with Crippen molar-refractivity contribution < 1.29 is 23.1 Å². The van der Waals surface area contributed by atoms with Crippen molar-refractivity contribution in [3.8, 4) is 5.69 Å². The molecule has 1 aliphatic rings. The molecule has 0 atom stereocenters. The highest BCUT2D eigenvalue weighted by atomic mass is 19.1. The first-order chi connectivity index (χ1) is 14.8. The summed E-state index contributed by atoms with van der Waals surface area (Å²) in [5, 5.41) is 9.08. The van der Waals surface area contributed by atoms with E-state index in [9.17, 15) is 27.9 Å². The molecule has 0 aliphatic carbocycles. The second kappa shape index (κ2) is 8.03. The Morgan fingerprint density at radius 1 is 1.10 bits per heavy atom. The molecule has 0 spiro atoms. The molecule has 7 nitrogen and oxygen atoms in total. The van der Waals surface area contributed by atoms with Crippen molar-refractivity contribution in [2.45, 2.75) is 6.92 Å². The highest BCUT2D eigenvalue weighted by Crippen LogP contribution is 2.25. The van der Waals surface area contributed by atoms with Crippen LogP contribution in [0, 0.1) is 17.5 Å². The fourth-order valence-corrected chi connectivity index (χ4v) is 3.72. The van der Waals surface area contributed by atoms with Crippen molar-refractivity contribution in [2.75, 3.05) is 37.6 Å². The molecule has 1 aliphatic heterocycles. The number of piperazine rings is 1. The zero-order valence-electron chi connectivity index (χ0n) is 16.6. The second-order valence-corrected chi connectivity index (χ2v) is 7.23. The van der Waals surface area contributed by atoms with Gasteiger partial charge in [-0.25, -0.2) is 22.9 Å². The molecule has 0 amide bonds. The minimum atomic E-state index is -1.55. The van der Waals surface area contributed by atoms with Gasteiger partial charge in [-0.3, -0.25) is 9.36 Å². The Morgan fingerprint density at radius 2 is 1.81 bits per heavy atom. The maximum Gasteiger partial charge on any atom is 0.341 e. The summed E-state index contributed by atoms with van der Waals surface area (Å²) in [6, 6.07) is 3.66. The van der Waals surface area contributed by atoms with Gasteiger partial charge in [0.05, 0.1) is 11.1 Å². The standard InChI is InChI=1S/C21H19F3N4O3/c1-2-26-5-7-27(8-6-26)20-16(24)10-13-18(29)14(21(30)31)11-28(19(13)25-20)17-4-3-12(22)9-15(17)23/h3-4,9-11H,2,5-8H2,1H3,(H,30,31). The van der Waals surface area contributed by atoms with Crippen LogP contribution in [0.15, 0.2) is 35.3 Å². The average molecular weight is 432 g/mol. The first-order valence-corrected chi connectivity index (χ1v) is 9.72. The smallest absolute Gasteiger partial charge is 0.341 e. The lowest BCUT2D eigenvalue weighted by atomic mass is 10.1. The van der Waals surface area contributed by atoms with E-state index < -0.39 is 34.4 Å². The highest BCUT2D eigenvalue weighted by Gasteiger charge is 2.24. The van der Waals surface area contributed by atoms with E-state index in [1.54, 1.807) is 4.90 Å². The Balaban J connectivity index is 1.96. The third-order valence-corrected chi connectivity index (χ3v) is 5.43. The number of carboxylic acid groups (broad SMARTS) is 1. The Morgan fingerprint density at radius 3 is 2.42 bits per heavy atom. The van der Waals surface area contributed by atoms with Gasteiger partial charge in [0, 0.05) is 38.4 Å². The van der Waals surface area contributed by atoms with Crippen LogP contribution in [0.1, 0.15) is 17.3 Å². The number of pyridine rings is 2. The van der Waals surface area contributed by atoms with Crippen LogP contribution >= 0.6 is 0 Å². The Labute approximate surface area is 175 Å². The quantitative estimate of drug-likeness (QED) is 0.683. The summed E-state index contributed by atoms with van der Waals surface area (Å²) < 4.78 is 43.9. The lowest BCUT2D eigenvalue weighted by Gasteiger charge is -2.35. The number of aromatic nitrogens is 2. The van der Waals surface area contributed by atoms with Crippen molar-refractivity contribution in [1.82, 2.24) is 14.5 Å². The lowest BCUT2D eigenvalue weighted by molar-refractivity contribution is 0.0695. The molecular formula is C21H19F3N4O3. The molecule has 162 valence electrons. The first kappa shape index (κ1) is 20.9. The lowest BCUT2D eigenvalue weighted by Crippen LogP contribution is -2.46. The molecule has 0 unspecified atom stereocenters. The molecule has 4 rings (SSSR count). The number of nitrogens with zero attached hydrogens (tertiary/aromatic N) is 4. The third-order valence-electron chi connectivity index (χ3n) is 5.43. The van der Waals surface area contributed by atoms with E-state index in [1.807, 2.05) is 6.92 Å². The van der Waals surface area contributed by atoms with Gasteiger partial charge in [0.2, 0.25) is 5.43 Å². The fraction of sp³-hybridized carbons (Fsp3) is 0.286. The number of halogens is 3. The predicted molar refractivity (Wildman–Crippen MR) is 109 cm³/mol. The van der Waals surface area contributed by atoms with Crippen molar-refractivity contribution in [3.05, 3.63) is 63.7 Å². The molecular weight excluding hydrogens is 413 g/mol. The number of likely N-dealkylation sites (N-methyl/N-ethyl adjacent to an activating group) is 1. The van der Waals surface area contributed by atoms with Gasteiger partial charge in [-0.2, -0.15) is 0 Å². The van der Waals surface area contributed by atoms with Crippen LogP contribution in [0.4, 0.5) is 19.0 Å². The van der Waals surface area contributed by atoms with Crippen LogP contribution in [0.2, 0.25) is 0 Å². The number of carboxylic acids is 1. The SMILES string of the molecule is CCN1CCN(c2nc3c(cc2F)c(=O)c(C(=O)O)cn3-c2ccc(F)cc2F)CC1. The average Bonchev–Trinajstić information content (AvgIpc) is 2.74. The third kappa shape index (κ3) is 3.74. The topological polar surface area (TPSA) is 78.7 Å². The van der Waals surface area contributed by atoms with E-state index in [0.717, 1.165) is 35.5 Å². The largest absolute Gasteiger partial charge is 0.477 e. The number of anilines is 1. The minimum Gasteiger partial charge on any atom is -0.477 e. The molecule has 1 aromatic carbocycles. The normalized spacial score (nSPS) is 14.9. The summed E-state index contributed by atoms with van der Waals surface area (Å²) in [7, 11) is 0. The van der Waals surface area contributed by atoms with Crippen LogP contribution in [0.5, 0.6) is 0 Å². The molecule has 3 heterocycles. The van der Waals surface area contributed by atoms with Crippen LogP contribution in [0.3, 0.4) is 0 Å². The first-order valence-electron chi connectivity index (χ1n) is 9.72. The van der Waals surface area contributed by atoms with Crippen molar-refractivity contribution in [3.63, 3.8) is 0 Å². The fourth-order valence-electron chi connectivity index (χ4n) is 3.72. The summed E-state index contributed by atoms with van der Waals surface area (Å²) >= 11 is 0. The van der Waals surface area contributed by atoms with Gasteiger partial charge in [-0.1, -0.05) is 6.92 Å². The van der Waals surface area contributed by atoms with Crippen molar-refractivity contribution >= 4 is 22.8 Å². The van der Waals surface area contributed by atoms with Gasteiger partial charge < -0.3 is 14.9 Å². The van der Waals surface area contributed by atoms with Gasteiger partial charge in [0.1, 0.15) is 17.2 Å². The zero-order valence-corrected chi connectivity index (χ0v) is 16.6. The number of carbonyl (C=O) groups is 1. The van der Waals surface area contributed by atoms with Gasteiger partial charge in [0.15, 0.2) is 17.3 Å². The Kier molecular flexibility index (Phi) is 5.40. The van der Waals surface area contributed by atoms with E-state index in [1.165, 1.54) is 0 Å². The maximum absolute atomic E-state index is 14.9. The minimum absolute atomic E-state index is 0.0120. The maximum atomic E-state index is 14.9. The zero-order chi connectivity index (χ0) is 22.3. The molecule has 1 saturated heterocycles. The van der Waals surface area contributed by atoms with Crippen molar-refractivity contribution in [2.24, 2.45) is 0 Å².